The largest absolute Gasteiger partial charge is 0.357 e. The van der Waals surface area contributed by atoms with Crippen molar-refractivity contribution in [1.29, 1.82) is 0 Å². The number of nitrogens with zero attached hydrogens (tertiary/aromatic N) is 4. The van der Waals surface area contributed by atoms with Crippen LogP contribution in [0.4, 0.5) is 5.82 Å². The lowest BCUT2D eigenvalue weighted by Crippen LogP contribution is -2.44. The molecule has 1 N–H and O–H groups in total. The van der Waals surface area contributed by atoms with Crippen LogP contribution >= 0.6 is 0 Å². The van der Waals surface area contributed by atoms with E-state index < -0.39 is 0 Å². The second-order valence-electron chi connectivity index (χ2n) is 6.07. The number of hydrogen-bond donors (Lipinski definition) is 1. The van der Waals surface area contributed by atoms with E-state index in [-0.39, 0.29) is 0 Å². The van der Waals surface area contributed by atoms with E-state index in [1.807, 2.05) is 4.68 Å². The number of rotatable bonds is 6. The van der Waals surface area contributed by atoms with Gasteiger partial charge in [0.2, 0.25) is 0 Å². The van der Waals surface area contributed by atoms with Gasteiger partial charge in [-0.3, -0.25) is 4.68 Å². The molecule has 2 rings (SSSR count). The lowest BCUT2D eigenvalue weighted by atomic mass is 10.0. The van der Waals surface area contributed by atoms with Crippen LogP contribution in [-0.2, 0) is 13.6 Å². The Bertz CT molecular complexity index is 446. The van der Waals surface area contributed by atoms with Crippen LogP contribution in [-0.4, -0.2) is 53.9 Å². The highest BCUT2D eigenvalue weighted by molar-refractivity contribution is 5.50. The number of likely N-dealkylation sites (tertiary alicyclic amines) is 1. The minimum atomic E-state index is 0.628. The summed E-state index contributed by atoms with van der Waals surface area (Å²) in [6.45, 7) is 12.0. The molecule has 5 nitrogen and oxygen atoms in total. The van der Waals surface area contributed by atoms with Crippen molar-refractivity contribution in [2.24, 2.45) is 7.05 Å². The zero-order valence-electron chi connectivity index (χ0n) is 14.3. The maximum absolute atomic E-state index is 4.64. The molecular formula is C16H31N5. The molecule has 0 aliphatic carbocycles. The van der Waals surface area contributed by atoms with Gasteiger partial charge in [-0.15, -0.1) is 0 Å². The first kappa shape index (κ1) is 16.3. The van der Waals surface area contributed by atoms with Crippen LogP contribution in [0.3, 0.4) is 0 Å². The maximum atomic E-state index is 4.64. The summed E-state index contributed by atoms with van der Waals surface area (Å²) in [6.07, 6.45) is 2.49. The predicted octanol–water partition coefficient (Wildman–Crippen LogP) is 1.76. The van der Waals surface area contributed by atoms with Crippen molar-refractivity contribution in [2.45, 2.75) is 46.2 Å². The summed E-state index contributed by atoms with van der Waals surface area (Å²) in [5.74, 6) is 1.28. The van der Waals surface area contributed by atoms with Gasteiger partial charge in [0.05, 0.1) is 5.69 Å². The lowest BCUT2D eigenvalue weighted by molar-refractivity contribution is 0.220. The molecule has 120 valence electrons. The normalized spacial score (nSPS) is 17.4. The van der Waals surface area contributed by atoms with Crippen LogP contribution in [0.1, 0.15) is 37.9 Å². The summed E-state index contributed by atoms with van der Waals surface area (Å²) in [7, 11) is 4.30. The second kappa shape index (κ2) is 7.27. The highest BCUT2D eigenvalue weighted by Gasteiger charge is 2.26. The van der Waals surface area contributed by atoms with Crippen LogP contribution in [0.5, 0.6) is 0 Å². The Balaban J connectivity index is 2.13. The number of hydrogen-bond acceptors (Lipinski definition) is 4. The second-order valence-corrected chi connectivity index (χ2v) is 6.07. The van der Waals surface area contributed by atoms with E-state index in [2.05, 4.69) is 55.1 Å². The third kappa shape index (κ3) is 3.58. The number of piperidine rings is 1. The number of nitrogens with one attached hydrogen (secondary N) is 1. The van der Waals surface area contributed by atoms with Gasteiger partial charge in [-0.05, 0) is 32.9 Å². The zero-order valence-corrected chi connectivity index (χ0v) is 14.3. The van der Waals surface area contributed by atoms with Crippen molar-refractivity contribution in [2.75, 3.05) is 38.1 Å². The van der Waals surface area contributed by atoms with Gasteiger partial charge < -0.3 is 15.1 Å². The Labute approximate surface area is 129 Å². The fourth-order valence-electron chi connectivity index (χ4n) is 3.38. The molecule has 0 radical (unpaired) electrons. The third-order valence-corrected chi connectivity index (χ3v) is 4.75. The molecule has 0 saturated carbocycles. The lowest BCUT2D eigenvalue weighted by Gasteiger charge is -2.37. The van der Waals surface area contributed by atoms with E-state index in [4.69, 9.17) is 0 Å². The molecule has 1 aliphatic rings. The Kier molecular flexibility index (Phi) is 5.65. The Hall–Kier alpha value is -1.07. The number of aromatic nitrogens is 2. The average molecular weight is 293 g/mol. The van der Waals surface area contributed by atoms with Crippen LogP contribution in [0.2, 0.25) is 0 Å². The number of anilines is 1. The fraction of sp³-hybridized carbons (Fsp3) is 0.812. The van der Waals surface area contributed by atoms with E-state index >= 15 is 0 Å². The first-order valence-electron chi connectivity index (χ1n) is 8.26. The highest BCUT2D eigenvalue weighted by Crippen LogP contribution is 2.27. The monoisotopic (exact) mass is 293 g/mol. The SMILES string of the molecule is CCNCc1c(C)nn(C)c1N(C)C1CCN(CC)CC1. The third-order valence-electron chi connectivity index (χ3n) is 4.75. The Morgan fingerprint density at radius 1 is 1.29 bits per heavy atom. The minimum absolute atomic E-state index is 0.628. The zero-order chi connectivity index (χ0) is 15.4. The molecule has 0 unspecified atom stereocenters. The minimum Gasteiger partial charge on any atom is -0.357 e. The molecular weight excluding hydrogens is 262 g/mol. The van der Waals surface area contributed by atoms with E-state index in [1.54, 1.807) is 0 Å². The van der Waals surface area contributed by atoms with Crippen molar-refractivity contribution in [3.8, 4) is 0 Å². The quantitative estimate of drug-likeness (QED) is 0.867. The molecule has 0 atom stereocenters. The van der Waals surface area contributed by atoms with Gasteiger partial charge in [0.15, 0.2) is 0 Å². The molecule has 1 saturated heterocycles. The van der Waals surface area contributed by atoms with E-state index in [0.717, 1.165) is 18.8 Å². The summed E-state index contributed by atoms with van der Waals surface area (Å²) in [6, 6.07) is 0.628. The fourth-order valence-corrected chi connectivity index (χ4v) is 3.38. The molecule has 1 fully saturated rings. The van der Waals surface area contributed by atoms with Gasteiger partial charge in [0, 0.05) is 45.3 Å². The van der Waals surface area contributed by atoms with Gasteiger partial charge in [-0.2, -0.15) is 5.10 Å². The summed E-state index contributed by atoms with van der Waals surface area (Å²) < 4.78 is 2.05. The van der Waals surface area contributed by atoms with E-state index in [9.17, 15) is 0 Å². The van der Waals surface area contributed by atoms with Crippen molar-refractivity contribution >= 4 is 5.82 Å². The van der Waals surface area contributed by atoms with Crippen molar-refractivity contribution in [3.63, 3.8) is 0 Å². The van der Waals surface area contributed by atoms with Crippen molar-refractivity contribution in [3.05, 3.63) is 11.3 Å². The van der Waals surface area contributed by atoms with Gasteiger partial charge in [-0.25, -0.2) is 0 Å². The average Bonchev–Trinajstić information content (AvgIpc) is 2.78. The van der Waals surface area contributed by atoms with Gasteiger partial charge in [-0.1, -0.05) is 13.8 Å². The molecule has 1 aliphatic heterocycles. The molecule has 0 aromatic carbocycles. The molecule has 5 heteroatoms. The number of aryl methyl sites for hydroxylation is 2. The molecule has 0 amide bonds. The Morgan fingerprint density at radius 3 is 2.52 bits per heavy atom. The van der Waals surface area contributed by atoms with Gasteiger partial charge >= 0.3 is 0 Å². The van der Waals surface area contributed by atoms with Crippen molar-refractivity contribution in [1.82, 2.24) is 20.0 Å². The predicted molar refractivity (Wildman–Crippen MR) is 88.9 cm³/mol. The topological polar surface area (TPSA) is 36.3 Å². The van der Waals surface area contributed by atoms with Gasteiger partial charge in [0.25, 0.3) is 0 Å². The van der Waals surface area contributed by atoms with Crippen LogP contribution < -0.4 is 10.2 Å². The van der Waals surface area contributed by atoms with Gasteiger partial charge in [0.1, 0.15) is 5.82 Å². The summed E-state index contributed by atoms with van der Waals surface area (Å²) in [4.78, 5) is 5.00. The van der Waals surface area contributed by atoms with E-state index in [0.29, 0.717) is 6.04 Å². The van der Waals surface area contributed by atoms with Crippen LogP contribution in [0.15, 0.2) is 0 Å². The Morgan fingerprint density at radius 2 is 1.95 bits per heavy atom. The van der Waals surface area contributed by atoms with E-state index in [1.165, 1.54) is 43.9 Å². The first-order chi connectivity index (χ1) is 10.1. The summed E-state index contributed by atoms with van der Waals surface area (Å²) in [5, 5.41) is 8.08. The van der Waals surface area contributed by atoms with Crippen molar-refractivity contribution < 1.29 is 0 Å². The standard InChI is InChI=1S/C16H31N5/c1-6-17-12-15-13(3)18-20(5)16(15)19(4)14-8-10-21(7-2)11-9-14/h14,17H,6-12H2,1-5H3. The van der Waals surface area contributed by atoms with Crippen LogP contribution in [0.25, 0.3) is 0 Å². The molecule has 21 heavy (non-hydrogen) atoms. The maximum Gasteiger partial charge on any atom is 0.131 e. The highest BCUT2D eigenvalue weighted by atomic mass is 15.4. The summed E-state index contributed by atoms with van der Waals surface area (Å²) >= 11 is 0. The molecule has 0 spiro atoms. The smallest absolute Gasteiger partial charge is 0.131 e. The molecule has 2 heterocycles. The first-order valence-corrected chi connectivity index (χ1v) is 8.26. The van der Waals surface area contributed by atoms with Crippen LogP contribution in [0, 0.1) is 6.92 Å². The molecule has 0 bridgehead atoms. The molecule has 1 aromatic heterocycles. The summed E-state index contributed by atoms with van der Waals surface area (Å²) in [5.41, 5.74) is 2.49. The molecule has 1 aromatic rings.